The molecule has 6 nitrogen and oxygen atoms in total. The van der Waals surface area contributed by atoms with Gasteiger partial charge in [0.2, 0.25) is 11.7 Å². The van der Waals surface area contributed by atoms with Gasteiger partial charge in [0, 0.05) is 18.7 Å². The minimum absolute atomic E-state index is 0.378. The first-order valence-electron chi connectivity index (χ1n) is 7.21. The third kappa shape index (κ3) is 2.35. The quantitative estimate of drug-likeness (QED) is 0.907. The largest absolute Gasteiger partial charge is 0.339 e. The number of nitrogens with zero attached hydrogens (tertiary/aromatic N) is 4. The van der Waals surface area contributed by atoms with E-state index in [1.807, 2.05) is 25.6 Å². The lowest BCUT2D eigenvalue weighted by atomic mass is 10.0. The summed E-state index contributed by atoms with van der Waals surface area (Å²) < 4.78 is 7.36. The second-order valence-corrected chi connectivity index (χ2v) is 5.50. The summed E-state index contributed by atoms with van der Waals surface area (Å²) in [5, 5.41) is 12.0. The normalized spacial score (nSPS) is 20.1. The lowest BCUT2D eigenvalue weighted by Gasteiger charge is -2.06. The standard InChI is InChI=1S/C14H21N5O/c1-9-12(10(2)19(3)17-9)13-16-14(20-18-13)11-5-4-7-15-8-6-11/h11,15H,4-8H2,1-3H3/t11-/m1/s1. The van der Waals surface area contributed by atoms with Crippen LogP contribution in [-0.2, 0) is 7.05 Å². The molecule has 1 aliphatic rings. The Morgan fingerprint density at radius 2 is 2.10 bits per heavy atom. The van der Waals surface area contributed by atoms with Gasteiger partial charge in [-0.25, -0.2) is 0 Å². The van der Waals surface area contributed by atoms with Crippen LogP contribution in [0.5, 0.6) is 0 Å². The SMILES string of the molecule is Cc1nn(C)c(C)c1-c1noc([C@@H]2CCCNCC2)n1. The highest BCUT2D eigenvalue weighted by Crippen LogP contribution is 2.29. The minimum Gasteiger partial charge on any atom is -0.339 e. The average molecular weight is 275 g/mol. The van der Waals surface area contributed by atoms with Gasteiger partial charge in [-0.15, -0.1) is 0 Å². The molecule has 1 N–H and O–H groups in total. The summed E-state index contributed by atoms with van der Waals surface area (Å²) in [4.78, 5) is 4.62. The van der Waals surface area contributed by atoms with Crippen molar-refractivity contribution in [1.82, 2.24) is 25.2 Å². The molecule has 20 heavy (non-hydrogen) atoms. The summed E-state index contributed by atoms with van der Waals surface area (Å²) in [7, 11) is 1.93. The fraction of sp³-hybridized carbons (Fsp3) is 0.643. The first-order valence-corrected chi connectivity index (χ1v) is 7.21. The maximum absolute atomic E-state index is 5.51. The Morgan fingerprint density at radius 3 is 2.85 bits per heavy atom. The van der Waals surface area contributed by atoms with Gasteiger partial charge in [-0.1, -0.05) is 5.16 Å². The Hall–Kier alpha value is -1.69. The Labute approximate surface area is 118 Å². The molecule has 0 radical (unpaired) electrons. The maximum Gasteiger partial charge on any atom is 0.230 e. The van der Waals surface area contributed by atoms with Crippen LogP contribution in [0, 0.1) is 13.8 Å². The number of rotatable bonds is 2. The molecule has 108 valence electrons. The molecule has 2 aromatic rings. The van der Waals surface area contributed by atoms with Crippen molar-refractivity contribution in [2.24, 2.45) is 7.05 Å². The Bertz CT molecular complexity index is 593. The summed E-state index contributed by atoms with van der Waals surface area (Å²) in [6.07, 6.45) is 3.33. The number of aryl methyl sites for hydroxylation is 2. The molecule has 0 aliphatic carbocycles. The summed E-state index contributed by atoms with van der Waals surface area (Å²) in [5.74, 6) is 1.81. The van der Waals surface area contributed by atoms with E-state index < -0.39 is 0 Å². The van der Waals surface area contributed by atoms with Gasteiger partial charge in [-0.05, 0) is 46.2 Å². The van der Waals surface area contributed by atoms with Crippen LogP contribution in [0.3, 0.4) is 0 Å². The fourth-order valence-electron chi connectivity index (χ4n) is 2.87. The molecule has 0 amide bonds. The van der Waals surface area contributed by atoms with Gasteiger partial charge in [0.25, 0.3) is 0 Å². The second kappa shape index (κ2) is 5.36. The Morgan fingerprint density at radius 1 is 1.25 bits per heavy atom. The van der Waals surface area contributed by atoms with E-state index in [0.717, 1.165) is 55.2 Å². The lowest BCUT2D eigenvalue weighted by Crippen LogP contribution is -2.13. The molecular formula is C14H21N5O. The fourth-order valence-corrected chi connectivity index (χ4v) is 2.87. The molecule has 1 saturated heterocycles. The number of hydrogen-bond donors (Lipinski definition) is 1. The van der Waals surface area contributed by atoms with Crippen LogP contribution in [0.15, 0.2) is 4.52 Å². The molecule has 3 rings (SSSR count). The van der Waals surface area contributed by atoms with Crippen molar-refractivity contribution in [3.8, 4) is 11.4 Å². The number of aromatic nitrogens is 4. The molecule has 0 unspecified atom stereocenters. The molecular weight excluding hydrogens is 254 g/mol. The van der Waals surface area contributed by atoms with Gasteiger partial charge in [-0.2, -0.15) is 10.1 Å². The highest BCUT2D eigenvalue weighted by molar-refractivity contribution is 5.60. The molecule has 3 heterocycles. The summed E-state index contributed by atoms with van der Waals surface area (Å²) in [6, 6.07) is 0. The van der Waals surface area contributed by atoms with Crippen molar-refractivity contribution >= 4 is 0 Å². The Balaban J connectivity index is 1.89. The van der Waals surface area contributed by atoms with Gasteiger partial charge >= 0.3 is 0 Å². The molecule has 6 heteroatoms. The van der Waals surface area contributed by atoms with Gasteiger partial charge in [0.15, 0.2) is 0 Å². The zero-order valence-corrected chi connectivity index (χ0v) is 12.3. The molecule has 1 aliphatic heterocycles. The molecule has 2 aromatic heterocycles. The van der Waals surface area contributed by atoms with Crippen molar-refractivity contribution in [1.29, 1.82) is 0 Å². The monoisotopic (exact) mass is 275 g/mol. The van der Waals surface area contributed by atoms with Crippen molar-refractivity contribution in [3.05, 3.63) is 17.3 Å². The van der Waals surface area contributed by atoms with Crippen molar-refractivity contribution < 1.29 is 4.52 Å². The van der Waals surface area contributed by atoms with E-state index in [2.05, 4.69) is 20.6 Å². The predicted octanol–water partition coefficient (Wildman–Crippen LogP) is 1.94. The van der Waals surface area contributed by atoms with Crippen LogP contribution in [-0.4, -0.2) is 33.0 Å². The van der Waals surface area contributed by atoms with E-state index in [4.69, 9.17) is 4.52 Å². The summed E-state index contributed by atoms with van der Waals surface area (Å²) in [5.41, 5.74) is 3.01. The van der Waals surface area contributed by atoms with Crippen LogP contribution in [0.4, 0.5) is 0 Å². The van der Waals surface area contributed by atoms with E-state index in [1.54, 1.807) is 0 Å². The summed E-state index contributed by atoms with van der Waals surface area (Å²) >= 11 is 0. The van der Waals surface area contributed by atoms with E-state index in [1.165, 1.54) is 0 Å². The van der Waals surface area contributed by atoms with Crippen LogP contribution in [0.2, 0.25) is 0 Å². The molecule has 0 saturated carbocycles. The summed E-state index contributed by atoms with van der Waals surface area (Å²) in [6.45, 7) is 6.11. The highest BCUT2D eigenvalue weighted by atomic mass is 16.5. The molecule has 0 spiro atoms. The first kappa shape index (κ1) is 13.3. The molecule has 0 bridgehead atoms. The number of hydrogen-bond acceptors (Lipinski definition) is 5. The van der Waals surface area contributed by atoms with Gasteiger partial charge in [0.1, 0.15) is 0 Å². The molecule has 1 fully saturated rings. The lowest BCUT2D eigenvalue weighted by molar-refractivity contribution is 0.343. The molecule has 0 aromatic carbocycles. The van der Waals surface area contributed by atoms with Crippen molar-refractivity contribution in [2.75, 3.05) is 13.1 Å². The minimum atomic E-state index is 0.378. The van der Waals surface area contributed by atoms with E-state index in [0.29, 0.717) is 11.7 Å². The maximum atomic E-state index is 5.51. The first-order chi connectivity index (χ1) is 9.66. The Kier molecular flexibility index (Phi) is 3.56. The highest BCUT2D eigenvalue weighted by Gasteiger charge is 2.23. The van der Waals surface area contributed by atoms with E-state index in [-0.39, 0.29) is 0 Å². The van der Waals surface area contributed by atoms with E-state index >= 15 is 0 Å². The van der Waals surface area contributed by atoms with Crippen LogP contribution in [0.1, 0.15) is 42.5 Å². The zero-order chi connectivity index (χ0) is 14.1. The third-order valence-electron chi connectivity index (χ3n) is 4.10. The van der Waals surface area contributed by atoms with Crippen molar-refractivity contribution in [2.45, 2.75) is 39.0 Å². The zero-order valence-electron chi connectivity index (χ0n) is 12.3. The topological polar surface area (TPSA) is 68.8 Å². The molecule has 1 atom stereocenters. The van der Waals surface area contributed by atoms with Gasteiger partial charge < -0.3 is 9.84 Å². The van der Waals surface area contributed by atoms with Crippen LogP contribution < -0.4 is 5.32 Å². The van der Waals surface area contributed by atoms with Crippen LogP contribution in [0.25, 0.3) is 11.4 Å². The average Bonchev–Trinajstić information content (AvgIpc) is 2.85. The predicted molar refractivity (Wildman–Crippen MR) is 75.4 cm³/mol. The van der Waals surface area contributed by atoms with E-state index in [9.17, 15) is 0 Å². The van der Waals surface area contributed by atoms with Gasteiger partial charge in [0.05, 0.1) is 11.3 Å². The third-order valence-corrected chi connectivity index (χ3v) is 4.10. The number of nitrogens with one attached hydrogen (secondary N) is 1. The smallest absolute Gasteiger partial charge is 0.230 e. The van der Waals surface area contributed by atoms with Gasteiger partial charge in [-0.3, -0.25) is 4.68 Å². The second-order valence-electron chi connectivity index (χ2n) is 5.50. The van der Waals surface area contributed by atoms with Crippen LogP contribution >= 0.6 is 0 Å². The van der Waals surface area contributed by atoms with Crippen molar-refractivity contribution in [3.63, 3.8) is 0 Å².